The van der Waals surface area contributed by atoms with Crippen LogP contribution in [-0.2, 0) is 6.54 Å². The van der Waals surface area contributed by atoms with Gasteiger partial charge in [0.1, 0.15) is 0 Å². The van der Waals surface area contributed by atoms with Gasteiger partial charge in [0.15, 0.2) is 0 Å². The fourth-order valence-corrected chi connectivity index (χ4v) is 1.61. The Morgan fingerprint density at radius 3 is 2.71 bits per heavy atom. The lowest BCUT2D eigenvalue weighted by atomic mass is 9.99. The molecule has 3 heteroatoms. The van der Waals surface area contributed by atoms with Gasteiger partial charge in [-0.3, -0.25) is 4.68 Å². The van der Waals surface area contributed by atoms with Crippen LogP contribution >= 0.6 is 0 Å². The summed E-state index contributed by atoms with van der Waals surface area (Å²) >= 11 is 0. The highest BCUT2D eigenvalue weighted by atomic mass is 15.3. The van der Waals surface area contributed by atoms with E-state index in [0.29, 0.717) is 12.0 Å². The summed E-state index contributed by atoms with van der Waals surface area (Å²) < 4.78 is 2.02. The monoisotopic (exact) mass is 195 g/mol. The van der Waals surface area contributed by atoms with E-state index in [4.69, 9.17) is 0 Å². The number of likely N-dealkylation sites (N-methyl/N-ethyl adjacent to an activating group) is 1. The molecule has 0 amide bonds. The molecule has 0 radical (unpaired) electrons. The van der Waals surface area contributed by atoms with Crippen LogP contribution in [0.2, 0.25) is 0 Å². The van der Waals surface area contributed by atoms with E-state index in [1.807, 2.05) is 17.9 Å². The highest BCUT2D eigenvalue weighted by molar-refractivity contribution is 4.99. The smallest absolute Gasteiger partial charge is 0.0565 e. The van der Waals surface area contributed by atoms with Crippen molar-refractivity contribution in [2.45, 2.75) is 39.8 Å². The van der Waals surface area contributed by atoms with Crippen molar-refractivity contribution in [2.24, 2.45) is 5.92 Å². The summed E-state index contributed by atoms with van der Waals surface area (Å²) in [6, 6.07) is 0.513. The summed E-state index contributed by atoms with van der Waals surface area (Å²) in [6.45, 7) is 7.53. The van der Waals surface area contributed by atoms with Crippen molar-refractivity contribution in [2.75, 3.05) is 7.05 Å². The van der Waals surface area contributed by atoms with Crippen LogP contribution in [0.4, 0.5) is 0 Å². The topological polar surface area (TPSA) is 29.9 Å². The molecule has 1 N–H and O–H groups in total. The fraction of sp³-hybridized carbons (Fsp3) is 0.727. The van der Waals surface area contributed by atoms with Gasteiger partial charge in [0.25, 0.3) is 0 Å². The Balaban J connectivity index is 2.56. The number of nitrogens with zero attached hydrogens (tertiary/aromatic N) is 2. The van der Waals surface area contributed by atoms with E-state index in [0.717, 1.165) is 6.54 Å². The molecule has 0 bridgehead atoms. The quantitative estimate of drug-likeness (QED) is 0.776. The van der Waals surface area contributed by atoms with E-state index in [1.165, 1.54) is 12.0 Å². The van der Waals surface area contributed by atoms with Gasteiger partial charge in [0, 0.05) is 12.2 Å². The Bertz CT molecular complexity index is 267. The molecule has 1 aromatic heterocycles. The molecular formula is C11H21N3. The molecule has 3 nitrogen and oxygen atoms in total. The summed E-state index contributed by atoms with van der Waals surface area (Å²) in [6.07, 6.45) is 5.20. The molecule has 0 aliphatic rings. The molecule has 0 spiro atoms. The van der Waals surface area contributed by atoms with Crippen LogP contribution in [0.5, 0.6) is 0 Å². The second-order valence-corrected chi connectivity index (χ2v) is 4.02. The second-order valence-electron chi connectivity index (χ2n) is 4.02. The highest BCUT2D eigenvalue weighted by Gasteiger charge is 2.14. The van der Waals surface area contributed by atoms with Crippen molar-refractivity contribution in [1.29, 1.82) is 0 Å². The standard InChI is InChI=1S/C11H21N3/c1-5-10(3)11(12-4)8-14-7-9(2)6-13-14/h6-7,10-12H,5,8H2,1-4H3. The zero-order valence-corrected chi connectivity index (χ0v) is 9.62. The Morgan fingerprint density at radius 2 is 2.29 bits per heavy atom. The molecule has 2 unspecified atom stereocenters. The first kappa shape index (κ1) is 11.2. The molecule has 1 rings (SSSR count). The van der Waals surface area contributed by atoms with Crippen molar-refractivity contribution in [3.05, 3.63) is 18.0 Å². The van der Waals surface area contributed by atoms with E-state index in [9.17, 15) is 0 Å². The molecule has 1 heterocycles. The van der Waals surface area contributed by atoms with Gasteiger partial charge in [0.2, 0.25) is 0 Å². The van der Waals surface area contributed by atoms with Crippen LogP contribution in [0, 0.1) is 12.8 Å². The zero-order chi connectivity index (χ0) is 10.6. The summed E-state index contributed by atoms with van der Waals surface area (Å²) in [5, 5.41) is 7.65. The summed E-state index contributed by atoms with van der Waals surface area (Å²) in [5.74, 6) is 0.685. The minimum atomic E-state index is 0.513. The molecule has 0 aliphatic heterocycles. The van der Waals surface area contributed by atoms with E-state index < -0.39 is 0 Å². The maximum atomic E-state index is 4.30. The number of aromatic nitrogens is 2. The van der Waals surface area contributed by atoms with Gasteiger partial charge < -0.3 is 5.32 Å². The van der Waals surface area contributed by atoms with Crippen LogP contribution in [-0.4, -0.2) is 22.9 Å². The van der Waals surface area contributed by atoms with Crippen molar-refractivity contribution in [1.82, 2.24) is 15.1 Å². The SMILES string of the molecule is CCC(C)C(Cn1cc(C)cn1)NC. The van der Waals surface area contributed by atoms with Gasteiger partial charge in [-0.05, 0) is 25.5 Å². The molecule has 0 aliphatic carbocycles. The molecule has 14 heavy (non-hydrogen) atoms. The maximum Gasteiger partial charge on any atom is 0.0565 e. The maximum absolute atomic E-state index is 4.30. The van der Waals surface area contributed by atoms with Crippen molar-refractivity contribution >= 4 is 0 Å². The lowest BCUT2D eigenvalue weighted by molar-refractivity contribution is 0.336. The first-order chi connectivity index (χ1) is 6.67. The highest BCUT2D eigenvalue weighted by Crippen LogP contribution is 2.09. The van der Waals surface area contributed by atoms with Crippen LogP contribution in [0.25, 0.3) is 0 Å². The first-order valence-electron chi connectivity index (χ1n) is 5.33. The third kappa shape index (κ3) is 2.84. The van der Waals surface area contributed by atoms with Crippen LogP contribution < -0.4 is 5.32 Å². The molecule has 1 aromatic rings. The largest absolute Gasteiger partial charge is 0.315 e. The Morgan fingerprint density at radius 1 is 1.57 bits per heavy atom. The molecule has 0 fully saturated rings. The van der Waals surface area contributed by atoms with Gasteiger partial charge in [-0.2, -0.15) is 5.10 Å². The van der Waals surface area contributed by atoms with Crippen molar-refractivity contribution in [3.8, 4) is 0 Å². The Hall–Kier alpha value is -0.830. The number of nitrogens with one attached hydrogen (secondary N) is 1. The number of rotatable bonds is 5. The third-order valence-electron chi connectivity index (χ3n) is 2.85. The van der Waals surface area contributed by atoms with E-state index in [2.05, 4.69) is 37.4 Å². The molecule has 2 atom stereocenters. The lowest BCUT2D eigenvalue weighted by Gasteiger charge is -2.22. The minimum Gasteiger partial charge on any atom is -0.315 e. The van der Waals surface area contributed by atoms with Gasteiger partial charge in [-0.1, -0.05) is 20.3 Å². The van der Waals surface area contributed by atoms with E-state index >= 15 is 0 Å². The van der Waals surface area contributed by atoms with Crippen LogP contribution in [0.3, 0.4) is 0 Å². The molecular weight excluding hydrogens is 174 g/mol. The average molecular weight is 195 g/mol. The predicted octanol–water partition coefficient (Wildman–Crippen LogP) is 1.83. The second kappa shape index (κ2) is 5.15. The van der Waals surface area contributed by atoms with Gasteiger partial charge in [-0.25, -0.2) is 0 Å². The summed E-state index contributed by atoms with van der Waals surface area (Å²) in [5.41, 5.74) is 1.23. The predicted molar refractivity (Wildman–Crippen MR) is 59.3 cm³/mol. The summed E-state index contributed by atoms with van der Waals surface area (Å²) in [7, 11) is 2.02. The summed E-state index contributed by atoms with van der Waals surface area (Å²) in [4.78, 5) is 0. The van der Waals surface area contributed by atoms with Crippen LogP contribution in [0.1, 0.15) is 25.8 Å². The van der Waals surface area contributed by atoms with E-state index in [-0.39, 0.29) is 0 Å². The van der Waals surface area contributed by atoms with Gasteiger partial charge in [0.05, 0.1) is 12.7 Å². The minimum absolute atomic E-state index is 0.513. The van der Waals surface area contributed by atoms with Gasteiger partial charge >= 0.3 is 0 Å². The zero-order valence-electron chi connectivity index (χ0n) is 9.62. The Kier molecular flexibility index (Phi) is 4.14. The average Bonchev–Trinajstić information content (AvgIpc) is 2.59. The Labute approximate surface area is 86.5 Å². The van der Waals surface area contributed by atoms with Crippen molar-refractivity contribution in [3.63, 3.8) is 0 Å². The van der Waals surface area contributed by atoms with Gasteiger partial charge in [-0.15, -0.1) is 0 Å². The van der Waals surface area contributed by atoms with Crippen molar-refractivity contribution < 1.29 is 0 Å². The molecule has 0 aromatic carbocycles. The fourth-order valence-electron chi connectivity index (χ4n) is 1.61. The number of aryl methyl sites for hydroxylation is 1. The molecule has 0 saturated carbocycles. The lowest BCUT2D eigenvalue weighted by Crippen LogP contribution is -2.36. The van der Waals surface area contributed by atoms with E-state index in [1.54, 1.807) is 0 Å². The normalized spacial score (nSPS) is 15.4. The molecule has 80 valence electrons. The number of hydrogen-bond acceptors (Lipinski definition) is 2. The van der Waals surface area contributed by atoms with Crippen LogP contribution in [0.15, 0.2) is 12.4 Å². The third-order valence-corrected chi connectivity index (χ3v) is 2.85. The first-order valence-corrected chi connectivity index (χ1v) is 5.33. The number of hydrogen-bond donors (Lipinski definition) is 1. The molecule has 0 saturated heterocycles.